The number of benzene rings is 2. The maximum Gasteiger partial charge on any atom is 0.271 e. The number of rotatable bonds is 7. The fourth-order valence-electron chi connectivity index (χ4n) is 2.41. The molecule has 2 rings (SSSR count). The Balaban J connectivity index is 2.11. The molecule has 2 aromatic carbocycles. The highest BCUT2D eigenvalue weighted by Gasteiger charge is 2.07. The normalized spacial score (nSPS) is 11.3. The van der Waals surface area contributed by atoms with E-state index in [1.54, 1.807) is 6.07 Å². The van der Waals surface area contributed by atoms with Crippen molar-refractivity contribution >= 4 is 11.6 Å². The lowest BCUT2D eigenvalue weighted by atomic mass is 10.0. The van der Waals surface area contributed by atoms with Crippen molar-refractivity contribution in [1.29, 1.82) is 0 Å². The molecule has 0 saturated heterocycles. The van der Waals surface area contributed by atoms with Gasteiger partial charge in [0.1, 0.15) is 0 Å². The molecule has 0 aromatic heterocycles. The molecular weight excluding hydrogens is 284 g/mol. The van der Waals surface area contributed by atoms with Gasteiger partial charge >= 0.3 is 0 Å². The van der Waals surface area contributed by atoms with Crippen molar-refractivity contribution < 1.29 is 4.79 Å². The van der Waals surface area contributed by atoms with Gasteiger partial charge in [0.2, 0.25) is 0 Å². The molecule has 0 aliphatic rings. The third kappa shape index (κ3) is 5.37. The van der Waals surface area contributed by atoms with Crippen LogP contribution in [-0.2, 0) is 0 Å². The average molecular weight is 308 g/mol. The summed E-state index contributed by atoms with van der Waals surface area (Å²) in [7, 11) is 0. The van der Waals surface area contributed by atoms with Crippen LogP contribution in [0.2, 0.25) is 0 Å². The second-order valence-corrected chi connectivity index (χ2v) is 5.69. The SMILES string of the molecule is CCCCCC(=NNC(=O)c1cccc(C)c1)c1ccccc1. The van der Waals surface area contributed by atoms with E-state index in [0.717, 1.165) is 42.5 Å². The van der Waals surface area contributed by atoms with Crippen LogP contribution in [0.5, 0.6) is 0 Å². The van der Waals surface area contributed by atoms with Crippen LogP contribution in [0, 0.1) is 6.92 Å². The molecular formula is C20H24N2O. The Hall–Kier alpha value is -2.42. The number of unbranched alkanes of at least 4 members (excludes halogenated alkanes) is 2. The van der Waals surface area contributed by atoms with Gasteiger partial charge < -0.3 is 0 Å². The Morgan fingerprint density at radius 3 is 2.43 bits per heavy atom. The lowest BCUT2D eigenvalue weighted by molar-refractivity contribution is 0.0954. The van der Waals surface area contributed by atoms with Crippen LogP contribution >= 0.6 is 0 Å². The zero-order valence-electron chi connectivity index (χ0n) is 13.9. The Labute approximate surface area is 138 Å². The first-order chi connectivity index (χ1) is 11.2. The van der Waals surface area contributed by atoms with Gasteiger partial charge in [-0.1, -0.05) is 67.8 Å². The summed E-state index contributed by atoms with van der Waals surface area (Å²) < 4.78 is 0. The van der Waals surface area contributed by atoms with E-state index in [9.17, 15) is 4.79 Å². The molecule has 3 nitrogen and oxygen atoms in total. The number of nitrogens with one attached hydrogen (secondary N) is 1. The minimum Gasteiger partial charge on any atom is -0.267 e. The van der Waals surface area contributed by atoms with Crippen LogP contribution in [-0.4, -0.2) is 11.6 Å². The van der Waals surface area contributed by atoms with E-state index >= 15 is 0 Å². The molecule has 0 bridgehead atoms. The number of hydrogen-bond acceptors (Lipinski definition) is 2. The van der Waals surface area contributed by atoms with Crippen LogP contribution < -0.4 is 5.43 Å². The molecule has 0 radical (unpaired) electrons. The smallest absolute Gasteiger partial charge is 0.267 e. The molecule has 3 heteroatoms. The fraction of sp³-hybridized carbons (Fsp3) is 0.300. The lowest BCUT2D eigenvalue weighted by Crippen LogP contribution is -2.20. The largest absolute Gasteiger partial charge is 0.271 e. The molecule has 120 valence electrons. The van der Waals surface area contributed by atoms with Crippen LogP contribution in [0.4, 0.5) is 0 Å². The van der Waals surface area contributed by atoms with Crippen molar-refractivity contribution in [2.24, 2.45) is 5.10 Å². The third-order valence-corrected chi connectivity index (χ3v) is 3.70. The van der Waals surface area contributed by atoms with E-state index in [-0.39, 0.29) is 5.91 Å². The van der Waals surface area contributed by atoms with Gasteiger partial charge in [-0.05, 0) is 37.5 Å². The topological polar surface area (TPSA) is 41.5 Å². The molecule has 23 heavy (non-hydrogen) atoms. The summed E-state index contributed by atoms with van der Waals surface area (Å²) in [6.07, 6.45) is 4.27. The quantitative estimate of drug-likeness (QED) is 0.449. The summed E-state index contributed by atoms with van der Waals surface area (Å²) >= 11 is 0. The van der Waals surface area contributed by atoms with Gasteiger partial charge in [0, 0.05) is 5.56 Å². The van der Waals surface area contributed by atoms with Crippen molar-refractivity contribution in [2.75, 3.05) is 0 Å². The molecule has 0 atom stereocenters. The van der Waals surface area contributed by atoms with Gasteiger partial charge in [-0.2, -0.15) is 5.10 Å². The third-order valence-electron chi connectivity index (χ3n) is 3.70. The Morgan fingerprint density at radius 1 is 1.00 bits per heavy atom. The van der Waals surface area contributed by atoms with Gasteiger partial charge in [-0.15, -0.1) is 0 Å². The van der Waals surface area contributed by atoms with E-state index in [1.807, 2.05) is 55.5 Å². The second kappa shape index (κ2) is 8.89. The summed E-state index contributed by atoms with van der Waals surface area (Å²) in [6.45, 7) is 4.15. The first-order valence-electron chi connectivity index (χ1n) is 8.19. The highest BCUT2D eigenvalue weighted by molar-refractivity contribution is 6.02. The molecule has 0 aliphatic carbocycles. The molecule has 0 fully saturated rings. The Kier molecular flexibility index (Phi) is 6.55. The summed E-state index contributed by atoms with van der Waals surface area (Å²) in [4.78, 5) is 12.2. The summed E-state index contributed by atoms with van der Waals surface area (Å²) in [5.74, 6) is -0.169. The number of amides is 1. The van der Waals surface area contributed by atoms with Crippen molar-refractivity contribution in [2.45, 2.75) is 39.5 Å². The van der Waals surface area contributed by atoms with Gasteiger partial charge in [0.05, 0.1) is 5.71 Å². The molecule has 0 aliphatic heterocycles. The van der Waals surface area contributed by atoms with E-state index in [4.69, 9.17) is 0 Å². The van der Waals surface area contributed by atoms with E-state index in [1.165, 1.54) is 0 Å². The standard InChI is InChI=1S/C20H24N2O/c1-3-4-6-14-19(17-11-7-5-8-12-17)21-22-20(23)18-13-9-10-16(2)15-18/h5,7-13,15H,3-4,6,14H2,1-2H3,(H,22,23). The average Bonchev–Trinajstić information content (AvgIpc) is 2.58. The molecule has 1 amide bonds. The molecule has 0 saturated carbocycles. The maximum atomic E-state index is 12.2. The predicted molar refractivity (Wildman–Crippen MR) is 95.8 cm³/mol. The fourth-order valence-corrected chi connectivity index (χ4v) is 2.41. The van der Waals surface area contributed by atoms with Crippen LogP contribution in [0.15, 0.2) is 59.7 Å². The highest BCUT2D eigenvalue weighted by atomic mass is 16.2. The number of carbonyl (C=O) groups is 1. The van der Waals surface area contributed by atoms with E-state index in [2.05, 4.69) is 17.5 Å². The second-order valence-electron chi connectivity index (χ2n) is 5.69. The number of hydrazone groups is 1. The maximum absolute atomic E-state index is 12.2. The van der Waals surface area contributed by atoms with Gasteiger partial charge in [-0.3, -0.25) is 4.79 Å². The van der Waals surface area contributed by atoms with E-state index in [0.29, 0.717) is 5.56 Å². The summed E-state index contributed by atoms with van der Waals surface area (Å²) in [5.41, 5.74) is 6.39. The number of nitrogens with zero attached hydrogens (tertiary/aromatic N) is 1. The number of aryl methyl sites for hydroxylation is 1. The highest BCUT2D eigenvalue weighted by Crippen LogP contribution is 2.09. The first kappa shape index (κ1) is 16.9. The Morgan fingerprint density at radius 2 is 1.74 bits per heavy atom. The van der Waals surface area contributed by atoms with Crippen LogP contribution in [0.3, 0.4) is 0 Å². The van der Waals surface area contributed by atoms with E-state index < -0.39 is 0 Å². The first-order valence-corrected chi connectivity index (χ1v) is 8.19. The van der Waals surface area contributed by atoms with Crippen molar-refractivity contribution in [1.82, 2.24) is 5.43 Å². The molecule has 0 unspecified atom stereocenters. The van der Waals surface area contributed by atoms with Crippen LogP contribution in [0.25, 0.3) is 0 Å². The summed E-state index contributed by atoms with van der Waals surface area (Å²) in [6, 6.07) is 17.6. The molecule has 2 aromatic rings. The zero-order valence-corrected chi connectivity index (χ0v) is 13.9. The monoisotopic (exact) mass is 308 g/mol. The number of carbonyl (C=O) groups excluding carboxylic acids is 1. The lowest BCUT2D eigenvalue weighted by Gasteiger charge is -2.08. The predicted octanol–water partition coefficient (Wildman–Crippen LogP) is 4.71. The minimum atomic E-state index is -0.169. The summed E-state index contributed by atoms with van der Waals surface area (Å²) in [5, 5.41) is 4.39. The molecule has 1 N–H and O–H groups in total. The van der Waals surface area contributed by atoms with Crippen molar-refractivity contribution in [3.63, 3.8) is 0 Å². The Bertz CT molecular complexity index is 662. The van der Waals surface area contributed by atoms with Gasteiger partial charge in [-0.25, -0.2) is 5.43 Å². The molecule has 0 heterocycles. The van der Waals surface area contributed by atoms with Crippen LogP contribution in [0.1, 0.15) is 54.1 Å². The molecule has 0 spiro atoms. The van der Waals surface area contributed by atoms with Crippen molar-refractivity contribution in [3.05, 3.63) is 71.3 Å². The van der Waals surface area contributed by atoms with Crippen molar-refractivity contribution in [3.8, 4) is 0 Å². The zero-order chi connectivity index (χ0) is 16.5. The van der Waals surface area contributed by atoms with Gasteiger partial charge in [0.15, 0.2) is 0 Å². The number of hydrogen-bond donors (Lipinski definition) is 1. The minimum absolute atomic E-state index is 0.169. The van der Waals surface area contributed by atoms with Gasteiger partial charge in [0.25, 0.3) is 5.91 Å².